The summed E-state index contributed by atoms with van der Waals surface area (Å²) in [6, 6.07) is 8.09. The Morgan fingerprint density at radius 2 is 1.97 bits per heavy atom. The third-order valence-corrected chi connectivity index (χ3v) is 4.99. The first-order chi connectivity index (χ1) is 14.1. The van der Waals surface area contributed by atoms with Crippen LogP contribution in [-0.2, 0) is 6.18 Å². The molecule has 1 aliphatic carbocycles. The van der Waals surface area contributed by atoms with Gasteiger partial charge in [0, 0.05) is 17.7 Å². The van der Waals surface area contributed by atoms with Crippen LogP contribution in [0.3, 0.4) is 0 Å². The fourth-order valence-corrected chi connectivity index (χ4v) is 3.37. The molecule has 0 bridgehead atoms. The van der Waals surface area contributed by atoms with Gasteiger partial charge in [0.05, 0.1) is 23.1 Å². The highest BCUT2D eigenvalue weighted by Gasteiger charge is 2.38. The van der Waals surface area contributed by atoms with Crippen molar-refractivity contribution in [2.75, 3.05) is 6.61 Å². The first-order valence-corrected chi connectivity index (χ1v) is 9.54. The molecule has 0 aliphatic heterocycles. The molecule has 2 aromatic carbocycles. The minimum Gasteiger partial charge on any atom is -0.487 e. The van der Waals surface area contributed by atoms with Crippen LogP contribution in [0.2, 0.25) is 0 Å². The predicted octanol–water partition coefficient (Wildman–Crippen LogP) is 5.38. The number of hydrogen-bond acceptors (Lipinski definition) is 4. The van der Waals surface area contributed by atoms with E-state index in [9.17, 15) is 28.1 Å². The van der Waals surface area contributed by atoms with Gasteiger partial charge < -0.3 is 9.64 Å². The Morgan fingerprint density at radius 1 is 1.27 bits per heavy atom. The van der Waals surface area contributed by atoms with Gasteiger partial charge in [0.1, 0.15) is 0 Å². The largest absolute Gasteiger partial charge is 0.487 e. The lowest BCUT2D eigenvalue weighted by Crippen LogP contribution is -2.35. The predicted molar refractivity (Wildman–Crippen MR) is 103 cm³/mol. The Hall–Kier alpha value is -3.10. The lowest BCUT2D eigenvalue weighted by molar-refractivity contribution is -0.385. The minimum absolute atomic E-state index is 0.0583. The molecule has 160 valence electrons. The van der Waals surface area contributed by atoms with Gasteiger partial charge in [0.15, 0.2) is 5.75 Å². The van der Waals surface area contributed by atoms with Gasteiger partial charge in [-0.1, -0.05) is 12.1 Å². The van der Waals surface area contributed by atoms with Crippen molar-refractivity contribution in [1.82, 2.24) is 4.90 Å². The van der Waals surface area contributed by atoms with Crippen molar-refractivity contribution in [2.24, 2.45) is 0 Å². The molecule has 0 unspecified atom stereocenters. The summed E-state index contributed by atoms with van der Waals surface area (Å²) in [5.74, 6) is -0.406. The lowest BCUT2D eigenvalue weighted by atomic mass is 10.0. The first-order valence-electron chi connectivity index (χ1n) is 9.54. The van der Waals surface area contributed by atoms with Gasteiger partial charge in [-0.25, -0.2) is 0 Å². The van der Waals surface area contributed by atoms with Crippen LogP contribution in [0.1, 0.15) is 54.2 Å². The highest BCUT2D eigenvalue weighted by molar-refractivity contribution is 5.96. The van der Waals surface area contributed by atoms with E-state index in [0.717, 1.165) is 31.0 Å². The number of carbonyl (C=O) groups is 1. The number of benzene rings is 2. The van der Waals surface area contributed by atoms with Crippen molar-refractivity contribution < 1.29 is 27.6 Å². The second-order valence-corrected chi connectivity index (χ2v) is 7.12. The van der Waals surface area contributed by atoms with Crippen LogP contribution in [0.25, 0.3) is 0 Å². The zero-order valence-corrected chi connectivity index (χ0v) is 16.5. The quantitative estimate of drug-likeness (QED) is 0.444. The number of nitrogens with zero attached hydrogens (tertiary/aromatic N) is 2. The number of halogens is 3. The van der Waals surface area contributed by atoms with E-state index in [4.69, 9.17) is 4.74 Å². The number of nitro benzene ring substituents is 1. The Labute approximate surface area is 171 Å². The van der Waals surface area contributed by atoms with E-state index in [1.807, 2.05) is 0 Å². The number of alkyl halides is 3. The smallest absolute Gasteiger partial charge is 0.416 e. The topological polar surface area (TPSA) is 72.7 Å². The number of rotatable bonds is 7. The Kier molecular flexibility index (Phi) is 6.00. The Bertz CT molecular complexity index is 958. The highest BCUT2D eigenvalue weighted by atomic mass is 19.4. The van der Waals surface area contributed by atoms with Crippen LogP contribution < -0.4 is 4.74 Å². The zero-order chi connectivity index (χ0) is 22.1. The molecule has 3 rings (SSSR count). The molecule has 1 aliphatic rings. The molecule has 1 fully saturated rings. The number of nitro groups is 1. The number of ether oxygens (including phenoxy) is 1. The fraction of sp³-hybridized carbons (Fsp3) is 0.381. The maximum atomic E-state index is 13.2. The van der Waals surface area contributed by atoms with Crippen LogP contribution in [0.4, 0.5) is 18.9 Å². The molecule has 0 spiro atoms. The maximum Gasteiger partial charge on any atom is 0.416 e. The normalized spacial score (nSPS) is 14.8. The van der Waals surface area contributed by atoms with E-state index in [1.165, 1.54) is 23.1 Å². The monoisotopic (exact) mass is 422 g/mol. The van der Waals surface area contributed by atoms with Crippen LogP contribution in [0.5, 0.6) is 5.75 Å². The van der Waals surface area contributed by atoms with Crippen LogP contribution in [-0.4, -0.2) is 28.4 Å². The molecule has 6 nitrogen and oxygen atoms in total. The maximum absolute atomic E-state index is 13.2. The fourth-order valence-electron chi connectivity index (χ4n) is 3.37. The second-order valence-electron chi connectivity index (χ2n) is 7.12. The average molecular weight is 422 g/mol. The van der Waals surface area contributed by atoms with Gasteiger partial charge in [0.25, 0.3) is 5.91 Å². The van der Waals surface area contributed by atoms with Gasteiger partial charge in [-0.15, -0.1) is 0 Å². The van der Waals surface area contributed by atoms with Crippen molar-refractivity contribution in [3.63, 3.8) is 0 Å². The van der Waals surface area contributed by atoms with Gasteiger partial charge in [0.2, 0.25) is 0 Å². The summed E-state index contributed by atoms with van der Waals surface area (Å²) < 4.78 is 44.5. The number of amides is 1. The first kappa shape index (κ1) is 21.6. The molecule has 0 aromatic heterocycles. The zero-order valence-electron chi connectivity index (χ0n) is 16.5. The molecule has 0 saturated heterocycles. The van der Waals surface area contributed by atoms with Gasteiger partial charge in [-0.3, -0.25) is 14.9 Å². The third-order valence-electron chi connectivity index (χ3n) is 4.99. The van der Waals surface area contributed by atoms with E-state index in [-0.39, 0.29) is 29.6 Å². The molecule has 1 amide bonds. The summed E-state index contributed by atoms with van der Waals surface area (Å²) >= 11 is 0. The van der Waals surface area contributed by atoms with Gasteiger partial charge in [-0.2, -0.15) is 13.2 Å². The molecule has 0 heterocycles. The standard InChI is InChI=1S/C21H21F3N2O4/c1-3-30-19-10-7-15(12-18(19)26(28)29)20(27)25(17-8-9-17)13(2)14-5-4-6-16(11-14)21(22,23)24/h4-7,10-13,17H,3,8-9H2,1-2H3/t13-/m1/s1. The van der Waals surface area contributed by atoms with E-state index >= 15 is 0 Å². The molecular weight excluding hydrogens is 401 g/mol. The summed E-state index contributed by atoms with van der Waals surface area (Å²) in [6.07, 6.45) is -3.03. The van der Waals surface area contributed by atoms with Crippen molar-refractivity contribution in [3.05, 3.63) is 69.3 Å². The van der Waals surface area contributed by atoms with Crippen LogP contribution in [0, 0.1) is 10.1 Å². The van der Waals surface area contributed by atoms with Crippen LogP contribution in [0.15, 0.2) is 42.5 Å². The summed E-state index contributed by atoms with van der Waals surface area (Å²) in [7, 11) is 0. The summed E-state index contributed by atoms with van der Waals surface area (Å²) in [6.45, 7) is 3.58. The molecule has 1 atom stereocenters. The van der Waals surface area contributed by atoms with Crippen molar-refractivity contribution in [3.8, 4) is 5.75 Å². The highest BCUT2D eigenvalue weighted by Crippen LogP contribution is 2.38. The van der Waals surface area contributed by atoms with Crippen molar-refractivity contribution >= 4 is 11.6 Å². The molecule has 9 heteroatoms. The van der Waals surface area contributed by atoms with Gasteiger partial charge >= 0.3 is 11.9 Å². The third kappa shape index (κ3) is 4.55. The van der Waals surface area contributed by atoms with Crippen molar-refractivity contribution in [2.45, 2.75) is 44.9 Å². The molecule has 0 N–H and O–H groups in total. The average Bonchev–Trinajstić information content (AvgIpc) is 3.52. The summed E-state index contributed by atoms with van der Waals surface area (Å²) in [5.41, 5.74) is -0.668. The van der Waals surface area contributed by atoms with Crippen LogP contribution >= 0.6 is 0 Å². The Balaban J connectivity index is 1.95. The number of hydrogen-bond donors (Lipinski definition) is 0. The van der Waals surface area contributed by atoms with Gasteiger partial charge in [-0.05, 0) is 56.5 Å². The molecule has 2 aromatic rings. The number of carbonyl (C=O) groups excluding carboxylic acids is 1. The second kappa shape index (κ2) is 8.33. The molecule has 0 radical (unpaired) electrons. The van der Waals surface area contributed by atoms with E-state index < -0.39 is 28.6 Å². The summed E-state index contributed by atoms with van der Waals surface area (Å²) in [4.78, 5) is 25.5. The Morgan fingerprint density at radius 3 is 2.53 bits per heavy atom. The molecule has 1 saturated carbocycles. The van der Waals surface area contributed by atoms with E-state index in [2.05, 4.69) is 0 Å². The molecule has 30 heavy (non-hydrogen) atoms. The van der Waals surface area contributed by atoms with E-state index in [0.29, 0.717) is 5.56 Å². The molecular formula is C21H21F3N2O4. The van der Waals surface area contributed by atoms with E-state index in [1.54, 1.807) is 19.9 Å². The minimum atomic E-state index is -4.49. The summed E-state index contributed by atoms with van der Waals surface area (Å²) in [5, 5.41) is 11.4. The van der Waals surface area contributed by atoms with Crippen molar-refractivity contribution in [1.29, 1.82) is 0 Å². The SMILES string of the molecule is CCOc1ccc(C(=O)N(C2CC2)[C@H](C)c2cccc(C(F)(F)F)c2)cc1[N+](=O)[O-]. The lowest BCUT2D eigenvalue weighted by Gasteiger charge is -2.30.